The summed E-state index contributed by atoms with van der Waals surface area (Å²) in [5.41, 5.74) is 2.90. The van der Waals surface area contributed by atoms with Crippen molar-refractivity contribution in [3.63, 3.8) is 0 Å². The highest BCUT2D eigenvalue weighted by Gasteiger charge is 2.17. The lowest BCUT2D eigenvalue weighted by atomic mass is 10.1. The Morgan fingerprint density at radius 1 is 0.903 bits per heavy atom. The molecule has 0 saturated heterocycles. The van der Waals surface area contributed by atoms with Crippen LogP contribution in [0.25, 0.3) is 0 Å². The van der Waals surface area contributed by atoms with Crippen molar-refractivity contribution in [1.82, 2.24) is 5.32 Å². The lowest BCUT2D eigenvalue weighted by Crippen LogP contribution is -2.29. The second kappa shape index (κ2) is 10.2. The SMILES string of the molecule is CS(=O)(=O)N(Cc1ccc(C(=O)NCCCc2ccc(F)cc2)cc1)c1ccccc1. The van der Waals surface area contributed by atoms with Crippen LogP contribution in [0.5, 0.6) is 0 Å². The number of amides is 1. The number of aryl methyl sites for hydroxylation is 1. The number of benzene rings is 3. The maximum Gasteiger partial charge on any atom is 0.251 e. The lowest BCUT2D eigenvalue weighted by Gasteiger charge is -2.22. The van der Waals surface area contributed by atoms with Gasteiger partial charge in [0.05, 0.1) is 18.5 Å². The lowest BCUT2D eigenvalue weighted by molar-refractivity contribution is 0.0953. The van der Waals surface area contributed by atoms with Gasteiger partial charge in [-0.3, -0.25) is 9.10 Å². The highest BCUT2D eigenvalue weighted by atomic mass is 32.2. The fourth-order valence-corrected chi connectivity index (χ4v) is 4.06. The summed E-state index contributed by atoms with van der Waals surface area (Å²) in [6.07, 6.45) is 2.67. The van der Waals surface area contributed by atoms with Crippen molar-refractivity contribution < 1.29 is 17.6 Å². The van der Waals surface area contributed by atoms with E-state index in [1.165, 1.54) is 22.7 Å². The Morgan fingerprint density at radius 2 is 1.52 bits per heavy atom. The van der Waals surface area contributed by atoms with Crippen LogP contribution in [0.15, 0.2) is 78.9 Å². The average molecular weight is 441 g/mol. The third-order valence-electron chi connectivity index (χ3n) is 4.83. The Kier molecular flexibility index (Phi) is 7.41. The summed E-state index contributed by atoms with van der Waals surface area (Å²) in [4.78, 5) is 12.3. The molecule has 3 aromatic rings. The summed E-state index contributed by atoms with van der Waals surface area (Å²) in [5, 5.41) is 2.87. The highest BCUT2D eigenvalue weighted by molar-refractivity contribution is 7.92. The molecular formula is C24H25FN2O3S. The van der Waals surface area contributed by atoms with E-state index < -0.39 is 10.0 Å². The molecule has 0 aromatic heterocycles. The van der Waals surface area contributed by atoms with Gasteiger partial charge < -0.3 is 5.32 Å². The minimum atomic E-state index is -3.45. The second-order valence-electron chi connectivity index (χ2n) is 7.29. The number of nitrogens with zero attached hydrogens (tertiary/aromatic N) is 1. The molecule has 0 heterocycles. The molecule has 0 spiro atoms. The van der Waals surface area contributed by atoms with Crippen LogP contribution in [-0.2, 0) is 23.0 Å². The van der Waals surface area contributed by atoms with E-state index in [9.17, 15) is 17.6 Å². The predicted molar refractivity (Wildman–Crippen MR) is 121 cm³/mol. The quantitative estimate of drug-likeness (QED) is 0.508. The van der Waals surface area contributed by atoms with Gasteiger partial charge in [-0.1, -0.05) is 42.5 Å². The van der Waals surface area contributed by atoms with Crippen LogP contribution in [0.2, 0.25) is 0 Å². The van der Waals surface area contributed by atoms with Crippen LogP contribution >= 0.6 is 0 Å². The van der Waals surface area contributed by atoms with E-state index >= 15 is 0 Å². The normalized spacial score (nSPS) is 11.2. The van der Waals surface area contributed by atoms with Crippen molar-refractivity contribution in [3.8, 4) is 0 Å². The van der Waals surface area contributed by atoms with Crippen molar-refractivity contribution in [2.75, 3.05) is 17.1 Å². The van der Waals surface area contributed by atoms with Gasteiger partial charge in [-0.2, -0.15) is 0 Å². The third-order valence-corrected chi connectivity index (χ3v) is 5.97. The first kappa shape index (κ1) is 22.5. The first-order valence-electron chi connectivity index (χ1n) is 9.97. The van der Waals surface area contributed by atoms with Crippen LogP contribution in [-0.4, -0.2) is 27.1 Å². The van der Waals surface area contributed by atoms with Crippen molar-refractivity contribution in [3.05, 3.63) is 101 Å². The fraction of sp³-hybridized carbons (Fsp3) is 0.208. The number of hydrogen-bond acceptors (Lipinski definition) is 3. The van der Waals surface area contributed by atoms with Gasteiger partial charge in [-0.15, -0.1) is 0 Å². The van der Waals surface area contributed by atoms with Gasteiger partial charge in [0.15, 0.2) is 0 Å². The molecule has 0 aliphatic rings. The summed E-state index contributed by atoms with van der Waals surface area (Å²) >= 11 is 0. The molecule has 0 atom stereocenters. The van der Waals surface area contributed by atoms with Crippen molar-refractivity contribution >= 4 is 21.6 Å². The molecule has 3 aromatic carbocycles. The first-order chi connectivity index (χ1) is 14.8. The van der Waals surface area contributed by atoms with Gasteiger partial charge in [0.25, 0.3) is 5.91 Å². The van der Waals surface area contributed by atoms with E-state index in [1.807, 2.05) is 6.07 Å². The maximum absolute atomic E-state index is 12.9. The monoisotopic (exact) mass is 440 g/mol. The van der Waals surface area contributed by atoms with Crippen LogP contribution < -0.4 is 9.62 Å². The summed E-state index contributed by atoms with van der Waals surface area (Å²) in [6, 6.07) is 22.1. The van der Waals surface area contributed by atoms with Gasteiger partial charge in [-0.05, 0) is 60.4 Å². The van der Waals surface area contributed by atoms with Crippen LogP contribution in [0.1, 0.15) is 27.9 Å². The number of nitrogens with one attached hydrogen (secondary N) is 1. The number of carbonyl (C=O) groups is 1. The molecular weight excluding hydrogens is 415 g/mol. The molecule has 0 saturated carbocycles. The number of halogens is 1. The molecule has 0 radical (unpaired) electrons. The third kappa shape index (κ3) is 6.65. The molecule has 3 rings (SSSR count). The van der Waals surface area contributed by atoms with Crippen LogP contribution in [0.4, 0.5) is 10.1 Å². The first-order valence-corrected chi connectivity index (χ1v) is 11.8. The van der Waals surface area contributed by atoms with E-state index in [-0.39, 0.29) is 18.3 Å². The molecule has 5 nitrogen and oxygen atoms in total. The maximum atomic E-state index is 12.9. The van der Waals surface area contributed by atoms with Gasteiger partial charge in [0, 0.05) is 12.1 Å². The minimum Gasteiger partial charge on any atom is -0.352 e. The van der Waals surface area contributed by atoms with E-state index in [0.717, 1.165) is 24.0 Å². The van der Waals surface area contributed by atoms with Gasteiger partial charge in [0.1, 0.15) is 5.82 Å². The molecule has 7 heteroatoms. The molecule has 31 heavy (non-hydrogen) atoms. The smallest absolute Gasteiger partial charge is 0.251 e. The van der Waals surface area contributed by atoms with E-state index in [1.54, 1.807) is 60.7 Å². The summed E-state index contributed by atoms with van der Waals surface area (Å²) < 4.78 is 38.7. The van der Waals surface area contributed by atoms with E-state index in [0.29, 0.717) is 17.8 Å². The van der Waals surface area contributed by atoms with Crippen molar-refractivity contribution in [2.24, 2.45) is 0 Å². The van der Waals surface area contributed by atoms with Crippen molar-refractivity contribution in [1.29, 1.82) is 0 Å². The Bertz CT molecular complexity index is 1100. The predicted octanol–water partition coefficient (Wildman–Crippen LogP) is 4.15. The number of para-hydroxylation sites is 1. The topological polar surface area (TPSA) is 66.5 Å². The average Bonchev–Trinajstić information content (AvgIpc) is 2.76. The number of rotatable bonds is 9. The Hall–Kier alpha value is -3.19. The zero-order valence-corrected chi connectivity index (χ0v) is 18.1. The van der Waals surface area contributed by atoms with E-state index in [4.69, 9.17) is 0 Å². The number of anilines is 1. The van der Waals surface area contributed by atoms with Gasteiger partial charge in [-0.25, -0.2) is 12.8 Å². The molecule has 0 aliphatic carbocycles. The summed E-state index contributed by atoms with van der Waals surface area (Å²) in [5.74, 6) is -0.447. The minimum absolute atomic E-state index is 0.183. The standard InChI is InChI=1S/C24H25FN2O3S/c1-31(29,30)27(23-7-3-2-4-8-23)18-20-9-13-21(14-10-20)24(28)26-17-5-6-19-11-15-22(25)16-12-19/h2-4,7-16H,5-6,17-18H2,1H3,(H,26,28). The molecule has 162 valence electrons. The molecule has 0 aliphatic heterocycles. The number of carbonyl (C=O) groups excluding carboxylic acids is 1. The Balaban J connectivity index is 1.55. The molecule has 1 N–H and O–H groups in total. The Morgan fingerprint density at radius 3 is 2.13 bits per heavy atom. The van der Waals surface area contributed by atoms with E-state index in [2.05, 4.69) is 5.32 Å². The molecule has 0 bridgehead atoms. The van der Waals surface area contributed by atoms with Gasteiger partial charge in [0.2, 0.25) is 10.0 Å². The van der Waals surface area contributed by atoms with Crippen molar-refractivity contribution in [2.45, 2.75) is 19.4 Å². The fourth-order valence-electron chi connectivity index (χ4n) is 3.17. The largest absolute Gasteiger partial charge is 0.352 e. The highest BCUT2D eigenvalue weighted by Crippen LogP contribution is 2.20. The van der Waals surface area contributed by atoms with Crippen LogP contribution in [0.3, 0.4) is 0 Å². The van der Waals surface area contributed by atoms with Gasteiger partial charge >= 0.3 is 0 Å². The second-order valence-corrected chi connectivity index (χ2v) is 9.19. The zero-order valence-electron chi connectivity index (χ0n) is 17.3. The molecule has 1 amide bonds. The molecule has 0 unspecified atom stereocenters. The zero-order chi connectivity index (χ0) is 22.3. The number of hydrogen-bond donors (Lipinski definition) is 1. The Labute approximate surface area is 182 Å². The molecule has 0 fully saturated rings. The summed E-state index contributed by atoms with van der Waals surface area (Å²) in [6.45, 7) is 0.691. The summed E-state index contributed by atoms with van der Waals surface area (Å²) in [7, 11) is -3.45. The number of sulfonamides is 1. The van der Waals surface area contributed by atoms with Crippen LogP contribution in [0, 0.1) is 5.82 Å².